The smallest absolute Gasteiger partial charge is 0.372 e. The molecule has 0 unspecified atom stereocenters. The lowest BCUT2D eigenvalue weighted by Gasteiger charge is -1.98. The highest BCUT2D eigenvalue weighted by Gasteiger charge is 2.33. The molecule has 1 saturated heterocycles. The van der Waals surface area contributed by atoms with Crippen LogP contribution in [0.1, 0.15) is 19.8 Å². The second-order valence-electron chi connectivity index (χ2n) is 2.49. The number of carbonyl (C=O) groups is 1. The van der Waals surface area contributed by atoms with Crippen molar-refractivity contribution in [1.82, 2.24) is 0 Å². The van der Waals surface area contributed by atoms with E-state index < -0.39 is 5.97 Å². The molecule has 0 aromatic heterocycles. The molecule has 0 amide bonds. The van der Waals surface area contributed by atoms with Gasteiger partial charge in [0.25, 0.3) is 0 Å². The molecular formula is C7H12NO2+. The van der Waals surface area contributed by atoms with Crippen LogP contribution in [0.25, 0.3) is 0 Å². The van der Waals surface area contributed by atoms with Gasteiger partial charge in [0.05, 0.1) is 0 Å². The van der Waals surface area contributed by atoms with Crippen molar-refractivity contribution in [1.29, 1.82) is 0 Å². The van der Waals surface area contributed by atoms with Gasteiger partial charge in [-0.05, 0) is 0 Å². The fourth-order valence-electron chi connectivity index (χ4n) is 1.36. The Morgan fingerprint density at radius 3 is 2.90 bits per heavy atom. The first-order chi connectivity index (χ1) is 4.75. The van der Waals surface area contributed by atoms with Crippen molar-refractivity contribution >= 4 is 12.2 Å². The van der Waals surface area contributed by atoms with Crippen molar-refractivity contribution in [3.05, 3.63) is 0 Å². The zero-order chi connectivity index (χ0) is 7.56. The summed E-state index contributed by atoms with van der Waals surface area (Å²) >= 11 is 0. The predicted octanol–water partition coefficient (Wildman–Crippen LogP) is 0.337. The van der Waals surface area contributed by atoms with E-state index in [9.17, 15) is 4.79 Å². The van der Waals surface area contributed by atoms with E-state index in [1.807, 2.05) is 17.7 Å². The average Bonchev–Trinajstić information content (AvgIpc) is 2.33. The van der Waals surface area contributed by atoms with E-state index in [1.165, 1.54) is 0 Å². The van der Waals surface area contributed by atoms with Crippen LogP contribution in [-0.2, 0) is 4.79 Å². The summed E-state index contributed by atoms with van der Waals surface area (Å²) in [6.07, 6.45) is 3.65. The molecule has 3 nitrogen and oxygen atoms in total. The number of carboxylic acids is 1. The first kappa shape index (κ1) is 7.25. The topological polar surface area (TPSA) is 40.3 Å². The van der Waals surface area contributed by atoms with Crippen LogP contribution in [0.15, 0.2) is 0 Å². The fraction of sp³-hybridized carbons (Fsp3) is 0.714. The highest BCUT2D eigenvalue weighted by atomic mass is 16.4. The largest absolute Gasteiger partial charge is 0.476 e. The number of hydrogen-bond donors (Lipinski definition) is 1. The Morgan fingerprint density at radius 1 is 1.80 bits per heavy atom. The van der Waals surface area contributed by atoms with Gasteiger partial charge in [-0.15, -0.1) is 0 Å². The summed E-state index contributed by atoms with van der Waals surface area (Å²) in [5.41, 5.74) is 0. The van der Waals surface area contributed by atoms with E-state index in [1.54, 1.807) is 0 Å². The Kier molecular flexibility index (Phi) is 2.04. The maximum atomic E-state index is 10.5. The van der Waals surface area contributed by atoms with Gasteiger partial charge in [0.2, 0.25) is 6.04 Å². The quantitative estimate of drug-likeness (QED) is 0.536. The molecule has 1 heterocycles. The van der Waals surface area contributed by atoms with Crippen LogP contribution < -0.4 is 0 Å². The Morgan fingerprint density at radius 2 is 2.50 bits per heavy atom. The Balaban J connectivity index is 2.68. The van der Waals surface area contributed by atoms with Gasteiger partial charge in [-0.1, -0.05) is 0 Å². The molecule has 0 spiro atoms. The van der Waals surface area contributed by atoms with E-state index in [-0.39, 0.29) is 6.04 Å². The van der Waals surface area contributed by atoms with Gasteiger partial charge in [-0.2, -0.15) is 0 Å². The van der Waals surface area contributed by atoms with Crippen molar-refractivity contribution in [2.24, 2.45) is 0 Å². The molecule has 1 rings (SSSR count). The molecule has 0 aliphatic carbocycles. The second-order valence-corrected chi connectivity index (χ2v) is 2.49. The van der Waals surface area contributed by atoms with Crippen LogP contribution in [0.3, 0.4) is 0 Å². The van der Waals surface area contributed by atoms with Gasteiger partial charge >= 0.3 is 5.97 Å². The molecule has 56 valence electrons. The van der Waals surface area contributed by atoms with Gasteiger partial charge in [0.15, 0.2) is 0 Å². The Bertz CT molecular complexity index is 174. The van der Waals surface area contributed by atoms with Gasteiger partial charge in [0.1, 0.15) is 12.8 Å². The molecule has 3 heteroatoms. The van der Waals surface area contributed by atoms with E-state index in [0.717, 1.165) is 19.4 Å². The van der Waals surface area contributed by atoms with E-state index >= 15 is 0 Å². The molecule has 1 aliphatic heterocycles. The molecule has 0 radical (unpaired) electrons. The third kappa shape index (κ3) is 1.17. The maximum Gasteiger partial charge on any atom is 0.372 e. The van der Waals surface area contributed by atoms with Gasteiger partial charge < -0.3 is 5.11 Å². The van der Waals surface area contributed by atoms with Crippen molar-refractivity contribution in [3.63, 3.8) is 0 Å². The lowest BCUT2D eigenvalue weighted by Crippen LogP contribution is -2.28. The van der Waals surface area contributed by atoms with Crippen LogP contribution >= 0.6 is 0 Å². The number of aliphatic carboxylic acids is 1. The molecule has 1 atom stereocenters. The highest BCUT2D eigenvalue weighted by Crippen LogP contribution is 2.10. The fourth-order valence-corrected chi connectivity index (χ4v) is 1.36. The molecule has 0 aromatic rings. The minimum atomic E-state index is -0.699. The number of rotatable bonds is 1. The predicted molar refractivity (Wildman–Crippen MR) is 37.5 cm³/mol. The summed E-state index contributed by atoms with van der Waals surface area (Å²) in [5, 5.41) is 8.65. The zero-order valence-corrected chi connectivity index (χ0v) is 6.08. The molecule has 10 heavy (non-hydrogen) atoms. The lowest BCUT2D eigenvalue weighted by molar-refractivity contribution is -0.528. The molecular weight excluding hydrogens is 130 g/mol. The third-order valence-corrected chi connectivity index (χ3v) is 1.91. The zero-order valence-electron chi connectivity index (χ0n) is 6.08. The monoisotopic (exact) mass is 142 g/mol. The van der Waals surface area contributed by atoms with E-state index in [4.69, 9.17) is 5.11 Å². The van der Waals surface area contributed by atoms with Crippen molar-refractivity contribution < 1.29 is 14.5 Å². The minimum absolute atomic E-state index is 0.259. The molecule has 0 saturated carbocycles. The van der Waals surface area contributed by atoms with Crippen LogP contribution in [0.2, 0.25) is 0 Å². The summed E-state index contributed by atoms with van der Waals surface area (Å²) in [7, 11) is 0. The Hall–Kier alpha value is -0.860. The van der Waals surface area contributed by atoms with E-state index in [2.05, 4.69) is 0 Å². The highest BCUT2D eigenvalue weighted by molar-refractivity contribution is 5.72. The van der Waals surface area contributed by atoms with Gasteiger partial charge in [-0.25, -0.2) is 9.37 Å². The SMILES string of the molecule is CC=[N+]1CCC[C@H]1C(=O)O. The Labute approximate surface area is 60.0 Å². The summed E-state index contributed by atoms with van der Waals surface area (Å²) in [5.74, 6) is -0.699. The molecule has 1 aliphatic rings. The summed E-state index contributed by atoms with van der Waals surface area (Å²) < 4.78 is 1.88. The molecule has 0 bridgehead atoms. The summed E-state index contributed by atoms with van der Waals surface area (Å²) in [4.78, 5) is 10.5. The standard InChI is InChI=1S/C7H11NO2/c1-2-8-5-3-4-6(8)7(9)10/h2,6H,3-5H2,1H3/p+1/t6-/m0/s1. The maximum absolute atomic E-state index is 10.5. The van der Waals surface area contributed by atoms with Crippen molar-refractivity contribution in [2.45, 2.75) is 25.8 Å². The van der Waals surface area contributed by atoms with Gasteiger partial charge in [-0.3, -0.25) is 0 Å². The van der Waals surface area contributed by atoms with Crippen LogP contribution in [0, 0.1) is 0 Å². The number of nitrogens with zero attached hydrogens (tertiary/aromatic N) is 1. The first-order valence-electron chi connectivity index (χ1n) is 3.53. The van der Waals surface area contributed by atoms with Gasteiger partial charge in [0, 0.05) is 19.8 Å². The first-order valence-corrected chi connectivity index (χ1v) is 3.53. The molecule has 1 N–H and O–H groups in total. The number of carboxylic acid groups (broad SMARTS) is 1. The average molecular weight is 142 g/mol. The van der Waals surface area contributed by atoms with Crippen molar-refractivity contribution in [2.75, 3.05) is 6.54 Å². The summed E-state index contributed by atoms with van der Waals surface area (Å²) in [6.45, 7) is 2.77. The second kappa shape index (κ2) is 2.82. The van der Waals surface area contributed by atoms with Crippen molar-refractivity contribution in [3.8, 4) is 0 Å². The normalized spacial score (nSPS) is 29.3. The minimum Gasteiger partial charge on any atom is -0.476 e. The van der Waals surface area contributed by atoms with Crippen LogP contribution in [0.5, 0.6) is 0 Å². The molecule has 1 fully saturated rings. The van der Waals surface area contributed by atoms with Crippen LogP contribution in [0.4, 0.5) is 0 Å². The number of hydrogen-bond acceptors (Lipinski definition) is 1. The van der Waals surface area contributed by atoms with E-state index in [0.29, 0.717) is 0 Å². The summed E-state index contributed by atoms with van der Waals surface area (Å²) in [6, 6.07) is -0.259. The van der Waals surface area contributed by atoms with Crippen LogP contribution in [-0.4, -0.2) is 34.5 Å². The molecule has 0 aromatic carbocycles. The third-order valence-electron chi connectivity index (χ3n) is 1.91. The lowest BCUT2D eigenvalue weighted by atomic mass is 10.2.